The number of hydrogen-bond acceptors (Lipinski definition) is 1. The molecule has 1 aliphatic heterocycles. The summed E-state index contributed by atoms with van der Waals surface area (Å²) >= 11 is 3.37. The highest BCUT2D eigenvalue weighted by atomic mass is 79.9. The molecule has 0 amide bonds. The van der Waals surface area contributed by atoms with Crippen LogP contribution in [0.1, 0.15) is 18.4 Å². The quantitative estimate of drug-likeness (QED) is 0.695. The van der Waals surface area contributed by atoms with Gasteiger partial charge in [-0.05, 0) is 23.8 Å². The summed E-state index contributed by atoms with van der Waals surface area (Å²) in [5.41, 5.74) is 1.07. The van der Waals surface area contributed by atoms with Gasteiger partial charge in [0.2, 0.25) is 5.92 Å². The molecule has 1 fully saturated rings. The molecule has 1 heterocycles. The number of ether oxygens (including phenoxy) is 1. The molecular weight excluding hydrogens is 290 g/mol. The fourth-order valence-corrected chi connectivity index (χ4v) is 3.07. The lowest BCUT2D eigenvalue weighted by atomic mass is 9.60. The van der Waals surface area contributed by atoms with Crippen LogP contribution in [0.25, 0.3) is 5.57 Å². The Kier molecular flexibility index (Phi) is 2.18. The maximum absolute atomic E-state index is 13.1. The Morgan fingerprint density at radius 1 is 1.29 bits per heavy atom. The SMILES string of the molecule is C=C1c2cc(Br)ccc2OCC12CC(F)(F)C2. The first kappa shape index (κ1) is 11.2. The maximum atomic E-state index is 13.1. The molecule has 1 nitrogen and oxygen atoms in total. The van der Waals surface area contributed by atoms with Gasteiger partial charge in [-0.1, -0.05) is 22.5 Å². The second-order valence-corrected chi connectivity index (χ2v) is 5.81. The van der Waals surface area contributed by atoms with Gasteiger partial charge in [-0.3, -0.25) is 0 Å². The fourth-order valence-electron chi connectivity index (χ4n) is 2.71. The van der Waals surface area contributed by atoms with E-state index in [1.807, 2.05) is 18.2 Å². The summed E-state index contributed by atoms with van der Waals surface area (Å²) in [5.74, 6) is -1.82. The molecule has 0 saturated heterocycles. The molecule has 0 unspecified atom stereocenters. The molecule has 1 spiro atoms. The van der Waals surface area contributed by atoms with Gasteiger partial charge in [0.1, 0.15) is 5.75 Å². The largest absolute Gasteiger partial charge is 0.492 e. The van der Waals surface area contributed by atoms with Crippen LogP contribution < -0.4 is 4.74 Å². The molecule has 3 rings (SSSR count). The molecule has 0 atom stereocenters. The molecular formula is C13H11BrF2O. The van der Waals surface area contributed by atoms with E-state index in [1.165, 1.54) is 0 Å². The normalized spacial score (nSPS) is 23.8. The van der Waals surface area contributed by atoms with Crippen molar-refractivity contribution in [2.24, 2.45) is 5.41 Å². The summed E-state index contributed by atoms with van der Waals surface area (Å²) in [6.45, 7) is 4.32. The van der Waals surface area contributed by atoms with E-state index in [-0.39, 0.29) is 12.8 Å². The molecule has 90 valence electrons. The summed E-state index contributed by atoms with van der Waals surface area (Å²) in [6.07, 6.45) is -0.296. The average Bonchev–Trinajstić information content (AvgIpc) is 2.21. The van der Waals surface area contributed by atoms with Gasteiger partial charge >= 0.3 is 0 Å². The van der Waals surface area contributed by atoms with Crippen molar-refractivity contribution in [2.75, 3.05) is 6.61 Å². The maximum Gasteiger partial charge on any atom is 0.250 e. The number of rotatable bonds is 0. The van der Waals surface area contributed by atoms with Crippen molar-refractivity contribution < 1.29 is 13.5 Å². The molecule has 0 N–H and O–H groups in total. The molecule has 1 aliphatic carbocycles. The highest BCUT2D eigenvalue weighted by Gasteiger charge is 2.59. The zero-order chi connectivity index (χ0) is 12.3. The van der Waals surface area contributed by atoms with E-state index in [1.54, 1.807) is 0 Å². The molecule has 17 heavy (non-hydrogen) atoms. The van der Waals surface area contributed by atoms with Crippen LogP contribution in [0.15, 0.2) is 29.3 Å². The van der Waals surface area contributed by atoms with Crippen LogP contribution in [0, 0.1) is 5.41 Å². The molecule has 1 aromatic carbocycles. The Morgan fingerprint density at radius 2 is 2.00 bits per heavy atom. The number of fused-ring (bicyclic) bond motifs is 1. The average molecular weight is 301 g/mol. The zero-order valence-corrected chi connectivity index (χ0v) is 10.7. The van der Waals surface area contributed by atoms with Crippen molar-refractivity contribution >= 4 is 21.5 Å². The zero-order valence-electron chi connectivity index (χ0n) is 9.10. The third-order valence-electron chi connectivity index (χ3n) is 3.60. The molecule has 0 bridgehead atoms. The molecule has 0 aromatic heterocycles. The van der Waals surface area contributed by atoms with Gasteiger partial charge in [-0.15, -0.1) is 0 Å². The molecule has 2 aliphatic rings. The van der Waals surface area contributed by atoms with Crippen molar-refractivity contribution in [3.63, 3.8) is 0 Å². The van der Waals surface area contributed by atoms with Crippen molar-refractivity contribution in [3.05, 3.63) is 34.8 Å². The number of hydrogen-bond donors (Lipinski definition) is 0. The van der Waals surface area contributed by atoms with Crippen LogP contribution in [-0.2, 0) is 0 Å². The number of alkyl halides is 2. The molecule has 0 radical (unpaired) electrons. The second-order valence-electron chi connectivity index (χ2n) is 4.90. The van der Waals surface area contributed by atoms with E-state index >= 15 is 0 Å². The van der Waals surface area contributed by atoms with Gasteiger partial charge in [0.05, 0.1) is 6.61 Å². The van der Waals surface area contributed by atoms with Gasteiger partial charge in [0, 0.05) is 28.3 Å². The highest BCUT2D eigenvalue weighted by Crippen LogP contribution is 2.60. The monoisotopic (exact) mass is 300 g/mol. The predicted octanol–water partition coefficient (Wildman–Crippen LogP) is 4.27. The summed E-state index contributed by atoms with van der Waals surface area (Å²) in [6, 6.07) is 5.60. The summed E-state index contributed by atoms with van der Waals surface area (Å²) in [4.78, 5) is 0. The minimum Gasteiger partial charge on any atom is -0.492 e. The Balaban J connectivity index is 1.99. The Morgan fingerprint density at radius 3 is 2.65 bits per heavy atom. The fraction of sp³-hybridized carbons (Fsp3) is 0.385. The van der Waals surface area contributed by atoms with E-state index in [0.29, 0.717) is 6.61 Å². The van der Waals surface area contributed by atoms with Crippen LogP contribution in [0.5, 0.6) is 5.75 Å². The van der Waals surface area contributed by atoms with E-state index in [2.05, 4.69) is 22.5 Å². The van der Waals surface area contributed by atoms with Crippen molar-refractivity contribution in [3.8, 4) is 5.75 Å². The molecule has 4 heteroatoms. The van der Waals surface area contributed by atoms with E-state index < -0.39 is 11.3 Å². The third-order valence-corrected chi connectivity index (χ3v) is 4.10. The van der Waals surface area contributed by atoms with Crippen LogP contribution in [0.3, 0.4) is 0 Å². The lowest BCUT2D eigenvalue weighted by Crippen LogP contribution is -2.51. The standard InChI is InChI=1S/C13H11BrF2O/c1-8-10-4-9(14)2-3-11(10)17-7-12(8)5-13(15,16)6-12/h2-4H,1,5-7H2. The van der Waals surface area contributed by atoms with Gasteiger partial charge in [-0.25, -0.2) is 8.78 Å². The van der Waals surface area contributed by atoms with Crippen molar-refractivity contribution in [2.45, 2.75) is 18.8 Å². The van der Waals surface area contributed by atoms with E-state index in [9.17, 15) is 8.78 Å². The molecule has 1 aromatic rings. The minimum absolute atomic E-state index is 0.148. The summed E-state index contributed by atoms with van der Waals surface area (Å²) in [5, 5.41) is 0. The molecule has 1 saturated carbocycles. The van der Waals surface area contributed by atoms with E-state index in [0.717, 1.165) is 21.4 Å². The number of halogens is 3. The lowest BCUT2D eigenvalue weighted by Gasteiger charge is -2.50. The Labute approximate surface area is 107 Å². The minimum atomic E-state index is -2.56. The van der Waals surface area contributed by atoms with Gasteiger partial charge < -0.3 is 4.74 Å². The lowest BCUT2D eigenvalue weighted by molar-refractivity contribution is -0.149. The first-order valence-electron chi connectivity index (χ1n) is 5.42. The Bertz CT molecular complexity index is 502. The van der Waals surface area contributed by atoms with Gasteiger partial charge in [-0.2, -0.15) is 0 Å². The van der Waals surface area contributed by atoms with Crippen molar-refractivity contribution in [1.82, 2.24) is 0 Å². The van der Waals surface area contributed by atoms with Crippen LogP contribution in [0.2, 0.25) is 0 Å². The predicted molar refractivity (Wildman–Crippen MR) is 65.3 cm³/mol. The van der Waals surface area contributed by atoms with Crippen LogP contribution in [-0.4, -0.2) is 12.5 Å². The van der Waals surface area contributed by atoms with Gasteiger partial charge in [0.15, 0.2) is 0 Å². The smallest absolute Gasteiger partial charge is 0.250 e. The summed E-state index contributed by atoms with van der Waals surface area (Å²) < 4.78 is 32.7. The second kappa shape index (κ2) is 3.31. The van der Waals surface area contributed by atoms with Crippen molar-refractivity contribution in [1.29, 1.82) is 0 Å². The van der Waals surface area contributed by atoms with Gasteiger partial charge in [0.25, 0.3) is 0 Å². The topological polar surface area (TPSA) is 9.23 Å². The highest BCUT2D eigenvalue weighted by molar-refractivity contribution is 9.10. The van der Waals surface area contributed by atoms with Crippen LogP contribution in [0.4, 0.5) is 8.78 Å². The van der Waals surface area contributed by atoms with Crippen LogP contribution >= 0.6 is 15.9 Å². The number of benzene rings is 1. The Hall–Kier alpha value is -0.900. The summed E-state index contributed by atoms with van der Waals surface area (Å²) in [7, 11) is 0. The first-order chi connectivity index (χ1) is 7.92. The van der Waals surface area contributed by atoms with E-state index in [4.69, 9.17) is 4.74 Å². The third kappa shape index (κ3) is 1.61. The first-order valence-corrected chi connectivity index (χ1v) is 6.21.